The normalized spacial score (nSPS) is 16.8. The second kappa shape index (κ2) is 16.5. The van der Waals surface area contributed by atoms with Crippen molar-refractivity contribution in [3.63, 3.8) is 0 Å². The van der Waals surface area contributed by atoms with Crippen molar-refractivity contribution in [2.24, 2.45) is 0 Å². The van der Waals surface area contributed by atoms with E-state index in [4.69, 9.17) is 42.7 Å². The van der Waals surface area contributed by atoms with Crippen LogP contribution in [0.25, 0.3) is 11.1 Å². The molecule has 5 aromatic rings. The van der Waals surface area contributed by atoms with Gasteiger partial charge in [-0.1, -0.05) is 77.8 Å². The molecule has 0 saturated carbocycles. The molecule has 1 amide bonds. The summed E-state index contributed by atoms with van der Waals surface area (Å²) >= 11 is 12.2. The zero-order valence-electron chi connectivity index (χ0n) is 30.3. The fraction of sp³-hybridized carbons (Fsp3) is 0.250. The topological polar surface area (TPSA) is 121 Å². The SMILES string of the molecule is CC(C)N1Cc2cc3c(cc2CC1C(=O)NC(Cc1ccc(-c2ccc(C#N)cc2)cc1)C(=O)O)OCC(c1ccc(OCc2ccc(Cl)c(Cl)c2)cc1)O3. The van der Waals surface area contributed by atoms with Gasteiger partial charge in [0.2, 0.25) is 5.91 Å². The molecule has 0 radical (unpaired) electrons. The Hall–Kier alpha value is -5.53. The Morgan fingerprint density at radius 2 is 1.56 bits per heavy atom. The monoisotopic (exact) mass is 775 g/mol. The highest BCUT2D eigenvalue weighted by Gasteiger charge is 2.36. The summed E-state index contributed by atoms with van der Waals surface area (Å²) in [6.07, 6.45) is 0.209. The van der Waals surface area contributed by atoms with E-state index in [-0.39, 0.29) is 24.5 Å². The van der Waals surface area contributed by atoms with E-state index in [1.807, 2.05) is 92.7 Å². The highest BCUT2D eigenvalue weighted by atomic mass is 35.5. The summed E-state index contributed by atoms with van der Waals surface area (Å²) in [4.78, 5) is 28.3. The molecule has 2 aliphatic rings. The number of nitriles is 1. The van der Waals surface area contributed by atoms with Crippen LogP contribution >= 0.6 is 23.2 Å². The average molecular weight is 777 g/mol. The highest BCUT2D eigenvalue weighted by molar-refractivity contribution is 6.42. The number of hydrogen-bond donors (Lipinski definition) is 2. The summed E-state index contributed by atoms with van der Waals surface area (Å²) in [7, 11) is 0. The minimum atomic E-state index is -1.11. The van der Waals surface area contributed by atoms with Gasteiger partial charge >= 0.3 is 5.97 Å². The molecule has 3 unspecified atom stereocenters. The number of carboxylic acid groups (broad SMARTS) is 1. The quantitative estimate of drug-likeness (QED) is 0.137. The predicted molar refractivity (Wildman–Crippen MR) is 211 cm³/mol. The number of rotatable bonds is 11. The molecule has 11 heteroatoms. The van der Waals surface area contributed by atoms with Crippen molar-refractivity contribution in [1.82, 2.24) is 10.2 Å². The molecule has 0 fully saturated rings. The molecular formula is C44H39Cl2N3O6. The first kappa shape index (κ1) is 37.8. The number of hydrogen-bond acceptors (Lipinski definition) is 7. The zero-order chi connectivity index (χ0) is 38.6. The van der Waals surface area contributed by atoms with Gasteiger partial charge in [0.25, 0.3) is 0 Å². The van der Waals surface area contributed by atoms with Crippen molar-refractivity contribution in [3.8, 4) is 34.4 Å². The number of amides is 1. The Balaban J connectivity index is 0.994. The number of nitrogens with zero attached hydrogens (tertiary/aromatic N) is 2. The number of nitrogens with one attached hydrogen (secondary N) is 1. The van der Waals surface area contributed by atoms with Crippen molar-refractivity contribution < 1.29 is 28.9 Å². The third kappa shape index (κ3) is 8.73. The molecule has 280 valence electrons. The molecule has 9 nitrogen and oxygen atoms in total. The minimum Gasteiger partial charge on any atom is -0.489 e. The lowest BCUT2D eigenvalue weighted by Gasteiger charge is -2.39. The molecule has 0 aromatic heterocycles. The molecule has 5 aromatic carbocycles. The largest absolute Gasteiger partial charge is 0.489 e. The lowest BCUT2D eigenvalue weighted by atomic mass is 9.91. The fourth-order valence-electron chi connectivity index (χ4n) is 6.97. The molecule has 0 saturated heterocycles. The molecule has 0 spiro atoms. The van der Waals surface area contributed by atoms with Gasteiger partial charge in [-0.3, -0.25) is 9.69 Å². The highest BCUT2D eigenvalue weighted by Crippen LogP contribution is 2.41. The number of fused-ring (bicyclic) bond motifs is 2. The molecule has 2 heterocycles. The maximum Gasteiger partial charge on any atom is 0.326 e. The van der Waals surface area contributed by atoms with Crippen LogP contribution in [0, 0.1) is 11.3 Å². The summed E-state index contributed by atoms with van der Waals surface area (Å²) in [6.45, 7) is 5.21. The second-order valence-corrected chi connectivity index (χ2v) is 14.9. The average Bonchev–Trinajstić information content (AvgIpc) is 3.20. The van der Waals surface area contributed by atoms with Gasteiger partial charge in [-0.25, -0.2) is 4.79 Å². The number of aliphatic carboxylic acids is 1. The van der Waals surface area contributed by atoms with Crippen molar-refractivity contribution in [2.75, 3.05) is 6.61 Å². The van der Waals surface area contributed by atoms with Crippen LogP contribution in [0.1, 0.15) is 53.3 Å². The zero-order valence-corrected chi connectivity index (χ0v) is 31.8. The molecule has 0 aliphatic carbocycles. The molecule has 2 N–H and O–H groups in total. The first-order chi connectivity index (χ1) is 26.5. The molecule has 3 atom stereocenters. The lowest BCUT2D eigenvalue weighted by molar-refractivity contribution is -0.143. The van der Waals surface area contributed by atoms with Crippen LogP contribution in [0.4, 0.5) is 0 Å². The van der Waals surface area contributed by atoms with Gasteiger partial charge in [0, 0.05) is 19.0 Å². The van der Waals surface area contributed by atoms with E-state index < -0.39 is 18.1 Å². The van der Waals surface area contributed by atoms with Crippen LogP contribution in [0.3, 0.4) is 0 Å². The number of halogens is 2. The van der Waals surface area contributed by atoms with E-state index in [9.17, 15) is 14.7 Å². The van der Waals surface area contributed by atoms with Crippen LogP contribution in [0.15, 0.2) is 103 Å². The van der Waals surface area contributed by atoms with Crippen molar-refractivity contribution in [3.05, 3.63) is 147 Å². The van der Waals surface area contributed by atoms with Gasteiger partial charge in [-0.15, -0.1) is 0 Å². The molecular weight excluding hydrogens is 737 g/mol. The Labute approximate surface area is 330 Å². The van der Waals surface area contributed by atoms with Crippen LogP contribution in [-0.4, -0.2) is 46.6 Å². The van der Waals surface area contributed by atoms with Gasteiger partial charge < -0.3 is 24.6 Å². The van der Waals surface area contributed by atoms with Crippen LogP contribution in [0.5, 0.6) is 17.2 Å². The summed E-state index contributed by atoms with van der Waals surface area (Å²) in [5.41, 5.74) is 7.12. The summed E-state index contributed by atoms with van der Waals surface area (Å²) in [5.74, 6) is 0.522. The predicted octanol–water partition coefficient (Wildman–Crippen LogP) is 8.57. The fourth-order valence-corrected chi connectivity index (χ4v) is 7.29. The molecule has 0 bridgehead atoms. The van der Waals surface area contributed by atoms with Gasteiger partial charge in [0.05, 0.1) is 27.7 Å². The number of carboxylic acids is 1. The van der Waals surface area contributed by atoms with E-state index in [1.165, 1.54) is 0 Å². The van der Waals surface area contributed by atoms with Crippen LogP contribution < -0.4 is 19.5 Å². The van der Waals surface area contributed by atoms with E-state index >= 15 is 0 Å². The van der Waals surface area contributed by atoms with E-state index in [2.05, 4.69) is 16.3 Å². The van der Waals surface area contributed by atoms with Crippen molar-refractivity contribution >= 4 is 35.1 Å². The van der Waals surface area contributed by atoms with E-state index in [0.29, 0.717) is 59.0 Å². The Morgan fingerprint density at radius 1 is 0.891 bits per heavy atom. The van der Waals surface area contributed by atoms with Gasteiger partial charge in [0.1, 0.15) is 25.0 Å². The lowest BCUT2D eigenvalue weighted by Crippen LogP contribution is -2.56. The van der Waals surface area contributed by atoms with Crippen LogP contribution in [0.2, 0.25) is 10.0 Å². The third-order valence-electron chi connectivity index (χ3n) is 10.1. The van der Waals surface area contributed by atoms with Crippen LogP contribution in [-0.2, 0) is 35.6 Å². The molecule has 7 rings (SSSR count). The third-order valence-corrected chi connectivity index (χ3v) is 10.8. The number of ether oxygens (including phenoxy) is 3. The standard InChI is InChI=1S/C44H39Cl2N3O6/c1-26(2)49-23-34-21-41-40(54-25-42(55-41)32-12-14-35(15-13-32)53-24-29-7-16-36(45)37(46)17-29)20-33(34)19-39(49)43(50)48-38(44(51)52)18-27-3-8-30(9-4-27)31-10-5-28(22-47)6-11-31/h3-17,20-21,26,38-39,42H,18-19,23-25H2,1-2H3,(H,48,50)(H,51,52). The van der Waals surface area contributed by atoms with Crippen molar-refractivity contribution in [1.29, 1.82) is 5.26 Å². The van der Waals surface area contributed by atoms with Crippen molar-refractivity contribution in [2.45, 2.75) is 64.1 Å². The summed E-state index contributed by atoms with van der Waals surface area (Å²) in [6, 6.07) is 32.4. The first-order valence-electron chi connectivity index (χ1n) is 18.0. The smallest absolute Gasteiger partial charge is 0.326 e. The number of carbonyl (C=O) groups excluding carboxylic acids is 1. The maximum atomic E-state index is 13.9. The van der Waals surface area contributed by atoms with Gasteiger partial charge in [0.15, 0.2) is 17.6 Å². The molecule has 55 heavy (non-hydrogen) atoms. The first-order valence-corrected chi connectivity index (χ1v) is 18.8. The van der Waals surface area contributed by atoms with E-state index in [1.54, 1.807) is 24.3 Å². The maximum absolute atomic E-state index is 13.9. The second-order valence-electron chi connectivity index (χ2n) is 14.1. The number of carbonyl (C=O) groups is 2. The molecule has 2 aliphatic heterocycles. The van der Waals surface area contributed by atoms with Gasteiger partial charge in [-0.05, 0) is 108 Å². The Bertz CT molecular complexity index is 2240. The Morgan fingerprint density at radius 3 is 2.22 bits per heavy atom. The number of benzene rings is 5. The summed E-state index contributed by atoms with van der Waals surface area (Å²) < 4.78 is 18.6. The Kier molecular flexibility index (Phi) is 11.3. The summed E-state index contributed by atoms with van der Waals surface area (Å²) in [5, 5.41) is 23.0. The van der Waals surface area contributed by atoms with E-state index in [0.717, 1.165) is 38.9 Å². The minimum absolute atomic E-state index is 0.0142. The van der Waals surface area contributed by atoms with Gasteiger partial charge in [-0.2, -0.15) is 5.26 Å².